The third-order valence-electron chi connectivity index (χ3n) is 3.15. The number of aliphatic hydroxyl groups excluding tert-OH is 1. The Morgan fingerprint density at radius 2 is 2.44 bits per heavy atom. The molecule has 1 aliphatic heterocycles. The molecule has 3 N–H and O–H groups in total. The van der Waals surface area contributed by atoms with Crippen LogP contribution in [0, 0.1) is 5.92 Å². The molecule has 2 heterocycles. The lowest BCUT2D eigenvalue weighted by Gasteiger charge is -2.33. The lowest BCUT2D eigenvalue weighted by molar-refractivity contribution is 0.208. The van der Waals surface area contributed by atoms with Gasteiger partial charge in [-0.2, -0.15) is 0 Å². The van der Waals surface area contributed by atoms with Crippen molar-refractivity contribution in [2.45, 2.75) is 19.4 Å². The Morgan fingerprint density at radius 3 is 3.19 bits per heavy atom. The lowest BCUT2D eigenvalue weighted by Crippen LogP contribution is -2.36. The number of hydrogen-bond acceptors (Lipinski definition) is 4. The van der Waals surface area contributed by atoms with E-state index >= 15 is 0 Å². The summed E-state index contributed by atoms with van der Waals surface area (Å²) in [5, 5.41) is 9.20. The molecule has 16 heavy (non-hydrogen) atoms. The van der Waals surface area contributed by atoms with Crippen LogP contribution in [0.4, 0.5) is 5.69 Å². The molecule has 0 bridgehead atoms. The maximum Gasteiger partial charge on any atom is 0.0560 e. The van der Waals surface area contributed by atoms with Crippen molar-refractivity contribution in [2.75, 3.05) is 24.6 Å². The van der Waals surface area contributed by atoms with Gasteiger partial charge in [-0.3, -0.25) is 4.98 Å². The van der Waals surface area contributed by atoms with Crippen LogP contribution < -0.4 is 10.6 Å². The van der Waals surface area contributed by atoms with Crippen molar-refractivity contribution < 1.29 is 5.11 Å². The van der Waals surface area contributed by atoms with Gasteiger partial charge in [0.1, 0.15) is 0 Å². The molecule has 1 fully saturated rings. The molecule has 0 aromatic carbocycles. The quantitative estimate of drug-likeness (QED) is 0.790. The van der Waals surface area contributed by atoms with Crippen LogP contribution in [0.2, 0.25) is 0 Å². The molecule has 1 unspecified atom stereocenters. The second-order valence-electron chi connectivity index (χ2n) is 4.35. The highest BCUT2D eigenvalue weighted by Crippen LogP contribution is 2.22. The van der Waals surface area contributed by atoms with Crippen molar-refractivity contribution in [3.63, 3.8) is 0 Å². The van der Waals surface area contributed by atoms with E-state index in [1.807, 2.05) is 12.1 Å². The maximum atomic E-state index is 9.20. The predicted molar refractivity (Wildman–Crippen MR) is 64.2 cm³/mol. The minimum atomic E-state index is 0.283. The van der Waals surface area contributed by atoms with Gasteiger partial charge in [0.25, 0.3) is 0 Å². The molecule has 1 aliphatic rings. The fourth-order valence-electron chi connectivity index (χ4n) is 2.22. The average molecular weight is 221 g/mol. The Balaban J connectivity index is 2.10. The van der Waals surface area contributed by atoms with Crippen molar-refractivity contribution in [1.29, 1.82) is 0 Å². The molecule has 0 spiro atoms. The number of nitrogens with zero attached hydrogens (tertiary/aromatic N) is 2. The summed E-state index contributed by atoms with van der Waals surface area (Å²) in [6.45, 7) is 2.76. The summed E-state index contributed by atoms with van der Waals surface area (Å²) in [5.41, 5.74) is 7.68. The number of anilines is 1. The van der Waals surface area contributed by atoms with Gasteiger partial charge in [0.2, 0.25) is 0 Å². The highest BCUT2D eigenvalue weighted by Gasteiger charge is 2.19. The highest BCUT2D eigenvalue weighted by atomic mass is 16.3. The maximum absolute atomic E-state index is 9.20. The minimum absolute atomic E-state index is 0.283. The number of aliphatic hydroxyl groups is 1. The van der Waals surface area contributed by atoms with Crippen LogP contribution in [0.3, 0.4) is 0 Å². The molecule has 1 atom stereocenters. The Bertz CT molecular complexity index is 343. The number of nitrogens with two attached hydrogens (primary N) is 1. The molecule has 0 aliphatic carbocycles. The summed E-state index contributed by atoms with van der Waals surface area (Å²) in [6.07, 6.45) is 4.08. The fourth-order valence-corrected chi connectivity index (χ4v) is 2.22. The van der Waals surface area contributed by atoms with Crippen LogP contribution in [0.1, 0.15) is 18.5 Å². The molecule has 0 amide bonds. The van der Waals surface area contributed by atoms with E-state index in [0.29, 0.717) is 12.5 Å². The van der Waals surface area contributed by atoms with E-state index in [4.69, 9.17) is 5.73 Å². The number of aromatic nitrogens is 1. The topological polar surface area (TPSA) is 62.4 Å². The van der Waals surface area contributed by atoms with Crippen LogP contribution in [0.5, 0.6) is 0 Å². The fraction of sp³-hybridized carbons (Fsp3) is 0.583. The zero-order valence-corrected chi connectivity index (χ0v) is 9.47. The van der Waals surface area contributed by atoms with Gasteiger partial charge in [0.05, 0.1) is 5.69 Å². The molecule has 4 heteroatoms. The van der Waals surface area contributed by atoms with Crippen LogP contribution in [0.15, 0.2) is 18.3 Å². The molecule has 4 nitrogen and oxygen atoms in total. The highest BCUT2D eigenvalue weighted by molar-refractivity contribution is 5.46. The molecule has 0 radical (unpaired) electrons. The van der Waals surface area contributed by atoms with Crippen LogP contribution in [-0.4, -0.2) is 29.8 Å². The summed E-state index contributed by atoms with van der Waals surface area (Å²) >= 11 is 0. The van der Waals surface area contributed by atoms with Crippen LogP contribution >= 0.6 is 0 Å². The first kappa shape index (κ1) is 11.4. The Morgan fingerprint density at radius 1 is 1.56 bits per heavy atom. The molecule has 1 saturated heterocycles. The van der Waals surface area contributed by atoms with Gasteiger partial charge in [-0.25, -0.2) is 0 Å². The summed E-state index contributed by atoms with van der Waals surface area (Å²) < 4.78 is 0. The largest absolute Gasteiger partial charge is 0.396 e. The third-order valence-corrected chi connectivity index (χ3v) is 3.15. The third kappa shape index (κ3) is 2.51. The van der Waals surface area contributed by atoms with Gasteiger partial charge in [-0.05, 0) is 30.9 Å². The molecule has 0 saturated carbocycles. The molecule has 1 aromatic rings. The first-order valence-corrected chi connectivity index (χ1v) is 5.84. The zero-order valence-electron chi connectivity index (χ0n) is 9.47. The second kappa shape index (κ2) is 5.27. The standard InChI is InChI=1S/C12H19N3O/c13-7-11-6-12(3-4-14-11)15-5-1-2-10(8-15)9-16/h3-4,6,10,16H,1-2,5,7-9,13H2. The Labute approximate surface area is 96.1 Å². The Hall–Kier alpha value is -1.13. The molecule has 88 valence electrons. The average Bonchev–Trinajstić information content (AvgIpc) is 2.39. The number of rotatable bonds is 3. The van der Waals surface area contributed by atoms with Gasteiger partial charge in [-0.15, -0.1) is 0 Å². The number of piperidine rings is 1. The Kier molecular flexibility index (Phi) is 3.74. The summed E-state index contributed by atoms with van der Waals surface area (Å²) in [4.78, 5) is 6.50. The van der Waals surface area contributed by atoms with E-state index in [0.717, 1.165) is 31.6 Å². The molecular formula is C12H19N3O. The smallest absolute Gasteiger partial charge is 0.0560 e. The number of pyridine rings is 1. The van der Waals surface area contributed by atoms with Gasteiger partial charge in [0.15, 0.2) is 0 Å². The second-order valence-corrected chi connectivity index (χ2v) is 4.35. The predicted octanol–water partition coefficient (Wildman–Crippen LogP) is 0.749. The van der Waals surface area contributed by atoms with Crippen molar-refractivity contribution >= 4 is 5.69 Å². The van der Waals surface area contributed by atoms with E-state index in [2.05, 4.69) is 9.88 Å². The number of hydrogen-bond donors (Lipinski definition) is 2. The normalized spacial score (nSPS) is 21.1. The van der Waals surface area contributed by atoms with Gasteiger partial charge in [0, 0.05) is 38.1 Å². The van der Waals surface area contributed by atoms with Crippen molar-refractivity contribution in [2.24, 2.45) is 11.7 Å². The van der Waals surface area contributed by atoms with Crippen molar-refractivity contribution in [3.05, 3.63) is 24.0 Å². The summed E-state index contributed by atoms with van der Waals surface area (Å²) in [6, 6.07) is 4.05. The van der Waals surface area contributed by atoms with E-state index < -0.39 is 0 Å². The molecule has 1 aromatic heterocycles. The van der Waals surface area contributed by atoms with Gasteiger partial charge in [-0.1, -0.05) is 0 Å². The van der Waals surface area contributed by atoms with E-state index in [-0.39, 0.29) is 6.61 Å². The summed E-state index contributed by atoms with van der Waals surface area (Å²) in [7, 11) is 0. The summed E-state index contributed by atoms with van der Waals surface area (Å²) in [5.74, 6) is 0.406. The first-order valence-electron chi connectivity index (χ1n) is 5.84. The lowest BCUT2D eigenvalue weighted by atomic mass is 9.98. The van der Waals surface area contributed by atoms with Crippen LogP contribution in [0.25, 0.3) is 0 Å². The van der Waals surface area contributed by atoms with E-state index in [1.54, 1.807) is 6.20 Å². The van der Waals surface area contributed by atoms with Gasteiger partial charge >= 0.3 is 0 Å². The first-order chi connectivity index (χ1) is 7.83. The van der Waals surface area contributed by atoms with Crippen LogP contribution in [-0.2, 0) is 6.54 Å². The van der Waals surface area contributed by atoms with Crippen molar-refractivity contribution in [1.82, 2.24) is 4.98 Å². The molecule has 2 rings (SSSR count). The van der Waals surface area contributed by atoms with Crippen molar-refractivity contribution in [3.8, 4) is 0 Å². The van der Waals surface area contributed by atoms with E-state index in [9.17, 15) is 5.11 Å². The minimum Gasteiger partial charge on any atom is -0.396 e. The molecular weight excluding hydrogens is 202 g/mol. The van der Waals surface area contributed by atoms with Gasteiger partial charge < -0.3 is 15.7 Å². The monoisotopic (exact) mass is 221 g/mol. The SMILES string of the molecule is NCc1cc(N2CCCC(CO)C2)ccn1. The zero-order chi connectivity index (χ0) is 11.4. The van der Waals surface area contributed by atoms with E-state index in [1.165, 1.54) is 5.69 Å².